The Morgan fingerprint density at radius 1 is 1.00 bits per heavy atom. The highest BCUT2D eigenvalue weighted by atomic mass is 16.4. The van der Waals surface area contributed by atoms with Gasteiger partial charge in [0.25, 0.3) is 0 Å². The number of hydrogen-bond donors (Lipinski definition) is 1. The van der Waals surface area contributed by atoms with Gasteiger partial charge in [0.15, 0.2) is 0 Å². The number of carboxylic acids is 1. The zero-order valence-electron chi connectivity index (χ0n) is 14.1. The van der Waals surface area contributed by atoms with Crippen LogP contribution in [0.3, 0.4) is 0 Å². The Bertz CT molecular complexity index is 626. The average Bonchev–Trinajstić information content (AvgIpc) is 2.55. The second kappa shape index (κ2) is 8.52. The first-order chi connectivity index (χ1) is 11.2. The minimum absolute atomic E-state index is 0.0725. The number of hydrogen-bond acceptors (Lipinski definition) is 1. The fraction of sp³-hybridized carbons (Fsp3) is 0.381. The minimum atomic E-state index is -0.776. The van der Waals surface area contributed by atoms with E-state index in [2.05, 4.69) is 32.0 Å². The fourth-order valence-electron chi connectivity index (χ4n) is 3.25. The van der Waals surface area contributed by atoms with Crippen molar-refractivity contribution in [3.63, 3.8) is 0 Å². The van der Waals surface area contributed by atoms with Crippen LogP contribution in [0.4, 0.5) is 0 Å². The van der Waals surface area contributed by atoms with E-state index in [-0.39, 0.29) is 6.42 Å². The maximum absolute atomic E-state index is 11.3. The first-order valence-corrected chi connectivity index (χ1v) is 8.55. The standard InChI is InChI=1S/C21H26O2/c1-3-8-16(9-4-2)18-12-13-20(17-10-6-5-7-11-17)19(14-18)15-21(22)23/h5-7,10-14,16H,3-4,8-9,15H2,1-2H3,(H,22,23). The van der Waals surface area contributed by atoms with Gasteiger partial charge in [-0.1, -0.05) is 75.2 Å². The summed E-state index contributed by atoms with van der Waals surface area (Å²) in [5.41, 5.74) is 4.31. The summed E-state index contributed by atoms with van der Waals surface area (Å²) in [5, 5.41) is 9.27. The minimum Gasteiger partial charge on any atom is -0.481 e. The third-order valence-corrected chi connectivity index (χ3v) is 4.30. The number of carbonyl (C=O) groups is 1. The SMILES string of the molecule is CCCC(CCC)c1ccc(-c2ccccc2)c(CC(=O)O)c1. The van der Waals surface area contributed by atoms with Crippen LogP contribution < -0.4 is 0 Å². The van der Waals surface area contributed by atoms with Crippen LogP contribution in [-0.2, 0) is 11.2 Å². The van der Waals surface area contributed by atoms with Crippen molar-refractivity contribution in [3.8, 4) is 11.1 Å². The topological polar surface area (TPSA) is 37.3 Å². The van der Waals surface area contributed by atoms with E-state index in [0.717, 1.165) is 42.4 Å². The lowest BCUT2D eigenvalue weighted by Crippen LogP contribution is -2.05. The largest absolute Gasteiger partial charge is 0.481 e. The summed E-state index contributed by atoms with van der Waals surface area (Å²) >= 11 is 0. The molecule has 2 aromatic rings. The first kappa shape index (κ1) is 17.3. The van der Waals surface area contributed by atoms with Crippen molar-refractivity contribution in [2.24, 2.45) is 0 Å². The highest BCUT2D eigenvalue weighted by molar-refractivity contribution is 5.77. The zero-order chi connectivity index (χ0) is 16.7. The third kappa shape index (κ3) is 4.69. The molecule has 0 saturated heterocycles. The first-order valence-electron chi connectivity index (χ1n) is 8.55. The Morgan fingerprint density at radius 3 is 2.22 bits per heavy atom. The molecule has 1 N–H and O–H groups in total. The van der Waals surface area contributed by atoms with Gasteiger partial charge in [-0.25, -0.2) is 0 Å². The monoisotopic (exact) mass is 310 g/mol. The van der Waals surface area contributed by atoms with Crippen molar-refractivity contribution >= 4 is 5.97 Å². The van der Waals surface area contributed by atoms with E-state index in [0.29, 0.717) is 5.92 Å². The molecule has 122 valence electrons. The Hall–Kier alpha value is -2.09. The average molecular weight is 310 g/mol. The van der Waals surface area contributed by atoms with Gasteiger partial charge in [-0.05, 0) is 41.0 Å². The summed E-state index contributed by atoms with van der Waals surface area (Å²) in [4.78, 5) is 11.3. The van der Waals surface area contributed by atoms with Crippen LogP contribution in [0.25, 0.3) is 11.1 Å². The van der Waals surface area contributed by atoms with E-state index in [1.165, 1.54) is 5.56 Å². The fourth-order valence-corrected chi connectivity index (χ4v) is 3.25. The van der Waals surface area contributed by atoms with Crippen LogP contribution in [0, 0.1) is 0 Å². The quantitative estimate of drug-likeness (QED) is 0.682. The van der Waals surface area contributed by atoms with Gasteiger partial charge in [-0.3, -0.25) is 4.79 Å². The van der Waals surface area contributed by atoms with E-state index >= 15 is 0 Å². The summed E-state index contributed by atoms with van der Waals surface area (Å²) in [5.74, 6) is -0.246. The molecular formula is C21H26O2. The van der Waals surface area contributed by atoms with E-state index < -0.39 is 5.97 Å². The predicted molar refractivity (Wildman–Crippen MR) is 95.8 cm³/mol. The molecule has 2 rings (SSSR count). The molecule has 0 atom stereocenters. The van der Waals surface area contributed by atoms with E-state index in [1.54, 1.807) is 0 Å². The summed E-state index contributed by atoms with van der Waals surface area (Å²) in [6, 6.07) is 16.4. The number of rotatable bonds is 8. The lowest BCUT2D eigenvalue weighted by Gasteiger charge is -2.18. The smallest absolute Gasteiger partial charge is 0.307 e. The van der Waals surface area contributed by atoms with Gasteiger partial charge in [-0.15, -0.1) is 0 Å². The van der Waals surface area contributed by atoms with Gasteiger partial charge in [0.2, 0.25) is 0 Å². The molecule has 0 aliphatic carbocycles. The van der Waals surface area contributed by atoms with Gasteiger partial charge < -0.3 is 5.11 Å². The Kier molecular flexibility index (Phi) is 6.40. The van der Waals surface area contributed by atoms with Crippen LogP contribution >= 0.6 is 0 Å². The molecule has 0 unspecified atom stereocenters. The van der Waals surface area contributed by atoms with Crippen LogP contribution in [0.15, 0.2) is 48.5 Å². The van der Waals surface area contributed by atoms with E-state index in [4.69, 9.17) is 0 Å². The predicted octanol–water partition coefficient (Wildman–Crippen LogP) is 5.66. The van der Waals surface area contributed by atoms with Crippen molar-refractivity contribution in [2.75, 3.05) is 0 Å². The molecule has 0 saturated carbocycles. The molecule has 0 fully saturated rings. The van der Waals surface area contributed by atoms with Crippen LogP contribution in [0.5, 0.6) is 0 Å². The second-order valence-electron chi connectivity index (χ2n) is 6.13. The molecule has 0 aliphatic heterocycles. The van der Waals surface area contributed by atoms with Crippen molar-refractivity contribution < 1.29 is 9.90 Å². The molecule has 2 nitrogen and oxygen atoms in total. The zero-order valence-corrected chi connectivity index (χ0v) is 14.1. The Labute approximate surface area is 139 Å². The second-order valence-corrected chi connectivity index (χ2v) is 6.13. The Morgan fingerprint density at radius 2 is 1.65 bits per heavy atom. The molecule has 0 aliphatic rings. The van der Waals surface area contributed by atoms with Crippen molar-refractivity contribution in [1.82, 2.24) is 0 Å². The van der Waals surface area contributed by atoms with Gasteiger partial charge in [-0.2, -0.15) is 0 Å². The number of benzene rings is 2. The lowest BCUT2D eigenvalue weighted by atomic mass is 9.86. The molecule has 2 heteroatoms. The molecule has 0 radical (unpaired) electrons. The highest BCUT2D eigenvalue weighted by Crippen LogP contribution is 2.31. The number of carboxylic acid groups (broad SMARTS) is 1. The molecule has 0 spiro atoms. The summed E-state index contributed by atoms with van der Waals surface area (Å²) in [6.07, 6.45) is 4.69. The normalized spacial score (nSPS) is 10.9. The molecule has 0 heterocycles. The van der Waals surface area contributed by atoms with Gasteiger partial charge in [0, 0.05) is 0 Å². The summed E-state index contributed by atoms with van der Waals surface area (Å²) < 4.78 is 0. The van der Waals surface area contributed by atoms with Crippen LogP contribution in [-0.4, -0.2) is 11.1 Å². The van der Waals surface area contributed by atoms with Crippen LogP contribution in [0.1, 0.15) is 56.6 Å². The third-order valence-electron chi connectivity index (χ3n) is 4.30. The maximum atomic E-state index is 11.3. The molecule has 0 aromatic heterocycles. The molecule has 0 amide bonds. The van der Waals surface area contributed by atoms with Crippen molar-refractivity contribution in [3.05, 3.63) is 59.7 Å². The van der Waals surface area contributed by atoms with Crippen molar-refractivity contribution in [1.29, 1.82) is 0 Å². The highest BCUT2D eigenvalue weighted by Gasteiger charge is 2.14. The maximum Gasteiger partial charge on any atom is 0.307 e. The molecule has 23 heavy (non-hydrogen) atoms. The molecule has 2 aromatic carbocycles. The van der Waals surface area contributed by atoms with E-state index in [1.807, 2.05) is 30.3 Å². The lowest BCUT2D eigenvalue weighted by molar-refractivity contribution is -0.136. The summed E-state index contributed by atoms with van der Waals surface area (Å²) in [6.45, 7) is 4.41. The summed E-state index contributed by atoms with van der Waals surface area (Å²) in [7, 11) is 0. The van der Waals surface area contributed by atoms with Gasteiger partial charge in [0.05, 0.1) is 6.42 Å². The van der Waals surface area contributed by atoms with E-state index in [9.17, 15) is 9.90 Å². The molecular weight excluding hydrogens is 284 g/mol. The van der Waals surface area contributed by atoms with Crippen molar-refractivity contribution in [2.45, 2.75) is 51.9 Å². The Balaban J connectivity index is 2.43. The number of aliphatic carboxylic acids is 1. The molecule has 0 bridgehead atoms. The van der Waals surface area contributed by atoms with Gasteiger partial charge >= 0.3 is 5.97 Å². The van der Waals surface area contributed by atoms with Gasteiger partial charge in [0.1, 0.15) is 0 Å². The van der Waals surface area contributed by atoms with Crippen LogP contribution in [0.2, 0.25) is 0 Å².